The van der Waals surface area contributed by atoms with Gasteiger partial charge in [-0.05, 0) is 26.0 Å². The van der Waals surface area contributed by atoms with Gasteiger partial charge in [-0.25, -0.2) is 0 Å². The number of unbranched alkanes of at least 4 members (excludes halogenated alkanes) is 3. The van der Waals surface area contributed by atoms with Crippen molar-refractivity contribution in [2.75, 3.05) is 20.3 Å². The molecule has 19 heavy (non-hydrogen) atoms. The Bertz CT molecular complexity index is 353. The summed E-state index contributed by atoms with van der Waals surface area (Å²) in [6, 6.07) is 6.05. The molecule has 0 heterocycles. The number of nitrogens with one attached hydrogen (secondary N) is 1. The van der Waals surface area contributed by atoms with Crippen molar-refractivity contribution in [1.29, 1.82) is 0 Å². The zero-order chi connectivity index (χ0) is 13.9. The SMILES string of the molecule is CCCCCCNCc1cccc(OCC)c1OC. The molecule has 0 spiro atoms. The van der Waals surface area contributed by atoms with Gasteiger partial charge in [0.05, 0.1) is 13.7 Å². The fourth-order valence-corrected chi connectivity index (χ4v) is 2.10. The number of rotatable bonds is 10. The first kappa shape index (κ1) is 15.8. The van der Waals surface area contributed by atoms with Crippen LogP contribution in [0.1, 0.15) is 45.1 Å². The molecule has 0 atom stereocenters. The number of methoxy groups -OCH3 is 1. The Hall–Kier alpha value is -1.22. The van der Waals surface area contributed by atoms with E-state index in [0.29, 0.717) is 6.61 Å². The fourth-order valence-electron chi connectivity index (χ4n) is 2.10. The summed E-state index contributed by atoms with van der Waals surface area (Å²) in [6.45, 7) is 6.76. The van der Waals surface area contributed by atoms with E-state index in [-0.39, 0.29) is 0 Å². The van der Waals surface area contributed by atoms with Gasteiger partial charge in [-0.1, -0.05) is 38.3 Å². The molecule has 0 aliphatic rings. The Morgan fingerprint density at radius 3 is 2.63 bits per heavy atom. The molecule has 1 rings (SSSR count). The molecule has 0 aliphatic heterocycles. The highest BCUT2D eigenvalue weighted by molar-refractivity contribution is 5.46. The molecule has 0 fully saturated rings. The summed E-state index contributed by atoms with van der Waals surface area (Å²) in [6.07, 6.45) is 5.15. The Labute approximate surface area is 117 Å². The molecule has 1 aromatic carbocycles. The predicted octanol–water partition coefficient (Wildman–Crippen LogP) is 3.76. The van der Waals surface area contributed by atoms with Crippen molar-refractivity contribution in [3.63, 3.8) is 0 Å². The lowest BCUT2D eigenvalue weighted by Crippen LogP contribution is -2.15. The minimum atomic E-state index is 0.657. The van der Waals surface area contributed by atoms with E-state index in [0.717, 1.165) is 30.2 Å². The summed E-state index contributed by atoms with van der Waals surface area (Å²) in [5.74, 6) is 1.68. The third-order valence-electron chi connectivity index (χ3n) is 3.09. The molecular weight excluding hydrogens is 238 g/mol. The molecule has 3 nitrogen and oxygen atoms in total. The maximum absolute atomic E-state index is 5.58. The van der Waals surface area contributed by atoms with Crippen molar-refractivity contribution in [3.8, 4) is 11.5 Å². The molecule has 0 bridgehead atoms. The third-order valence-corrected chi connectivity index (χ3v) is 3.09. The standard InChI is InChI=1S/C16H27NO2/c1-4-6-7-8-12-17-13-14-10-9-11-15(19-5-2)16(14)18-3/h9-11,17H,4-8,12-13H2,1-3H3. The largest absolute Gasteiger partial charge is 0.493 e. The lowest BCUT2D eigenvalue weighted by atomic mass is 10.1. The van der Waals surface area contributed by atoms with Gasteiger partial charge in [0.15, 0.2) is 11.5 Å². The van der Waals surface area contributed by atoms with Gasteiger partial charge >= 0.3 is 0 Å². The third kappa shape index (κ3) is 5.52. The van der Waals surface area contributed by atoms with Gasteiger partial charge in [0.1, 0.15) is 0 Å². The number of hydrogen-bond acceptors (Lipinski definition) is 3. The molecule has 1 aromatic rings. The molecule has 0 radical (unpaired) electrons. The Morgan fingerprint density at radius 2 is 1.95 bits per heavy atom. The van der Waals surface area contributed by atoms with E-state index in [1.165, 1.54) is 25.7 Å². The van der Waals surface area contributed by atoms with Crippen LogP contribution < -0.4 is 14.8 Å². The van der Waals surface area contributed by atoms with Crippen molar-refractivity contribution in [1.82, 2.24) is 5.32 Å². The minimum absolute atomic E-state index is 0.657. The second-order valence-corrected chi connectivity index (χ2v) is 4.62. The maximum Gasteiger partial charge on any atom is 0.165 e. The highest BCUT2D eigenvalue weighted by Gasteiger charge is 2.09. The van der Waals surface area contributed by atoms with Crippen LogP contribution in [0.15, 0.2) is 18.2 Å². The quantitative estimate of drug-likeness (QED) is 0.653. The van der Waals surface area contributed by atoms with Crippen LogP contribution in [0.5, 0.6) is 11.5 Å². The first-order valence-electron chi connectivity index (χ1n) is 7.32. The Morgan fingerprint density at radius 1 is 1.11 bits per heavy atom. The lowest BCUT2D eigenvalue weighted by molar-refractivity contribution is 0.308. The molecule has 0 amide bonds. The summed E-state index contributed by atoms with van der Waals surface area (Å²) in [4.78, 5) is 0. The molecule has 0 aromatic heterocycles. The maximum atomic E-state index is 5.58. The van der Waals surface area contributed by atoms with Crippen LogP contribution in [0.2, 0.25) is 0 Å². The predicted molar refractivity (Wildman–Crippen MR) is 80.0 cm³/mol. The first-order valence-corrected chi connectivity index (χ1v) is 7.32. The van der Waals surface area contributed by atoms with E-state index in [4.69, 9.17) is 9.47 Å². The summed E-state index contributed by atoms with van der Waals surface area (Å²) < 4.78 is 11.0. The monoisotopic (exact) mass is 265 g/mol. The van der Waals surface area contributed by atoms with Gasteiger partial charge in [0.2, 0.25) is 0 Å². The molecule has 0 saturated carbocycles. The van der Waals surface area contributed by atoms with Gasteiger partial charge in [0, 0.05) is 12.1 Å². The highest BCUT2D eigenvalue weighted by Crippen LogP contribution is 2.30. The minimum Gasteiger partial charge on any atom is -0.493 e. The van der Waals surface area contributed by atoms with Gasteiger partial charge in [-0.15, -0.1) is 0 Å². The summed E-state index contributed by atoms with van der Waals surface area (Å²) in [5, 5.41) is 3.47. The molecule has 3 heteroatoms. The first-order chi connectivity index (χ1) is 9.33. The van der Waals surface area contributed by atoms with Gasteiger partial charge in [-0.3, -0.25) is 0 Å². The molecule has 0 unspecified atom stereocenters. The van der Waals surface area contributed by atoms with Crippen LogP contribution in [-0.4, -0.2) is 20.3 Å². The van der Waals surface area contributed by atoms with Crippen molar-refractivity contribution in [3.05, 3.63) is 23.8 Å². The zero-order valence-electron chi connectivity index (χ0n) is 12.5. The van der Waals surface area contributed by atoms with Crippen LogP contribution in [0.3, 0.4) is 0 Å². The summed E-state index contributed by atoms with van der Waals surface area (Å²) >= 11 is 0. The normalized spacial score (nSPS) is 10.5. The topological polar surface area (TPSA) is 30.5 Å². The van der Waals surface area contributed by atoms with Gasteiger partial charge in [-0.2, -0.15) is 0 Å². The number of benzene rings is 1. The van der Waals surface area contributed by atoms with Crippen LogP contribution in [0.4, 0.5) is 0 Å². The molecular formula is C16H27NO2. The molecule has 0 saturated heterocycles. The molecule has 0 aliphatic carbocycles. The smallest absolute Gasteiger partial charge is 0.165 e. The van der Waals surface area contributed by atoms with Crippen LogP contribution in [-0.2, 0) is 6.54 Å². The summed E-state index contributed by atoms with van der Waals surface area (Å²) in [7, 11) is 1.70. The van der Waals surface area contributed by atoms with Gasteiger partial charge < -0.3 is 14.8 Å². The average molecular weight is 265 g/mol. The van der Waals surface area contributed by atoms with Crippen LogP contribution in [0, 0.1) is 0 Å². The summed E-state index contributed by atoms with van der Waals surface area (Å²) in [5.41, 5.74) is 1.16. The van der Waals surface area contributed by atoms with Crippen molar-refractivity contribution in [2.45, 2.75) is 46.1 Å². The second kappa shape index (κ2) is 9.68. The van der Waals surface area contributed by atoms with Crippen molar-refractivity contribution >= 4 is 0 Å². The van der Waals surface area contributed by atoms with Crippen LogP contribution >= 0.6 is 0 Å². The number of para-hydroxylation sites is 1. The Kier molecular flexibility index (Phi) is 8.07. The highest BCUT2D eigenvalue weighted by atomic mass is 16.5. The van der Waals surface area contributed by atoms with Gasteiger partial charge in [0.25, 0.3) is 0 Å². The molecule has 1 N–H and O–H groups in total. The van der Waals surface area contributed by atoms with E-state index in [1.54, 1.807) is 7.11 Å². The van der Waals surface area contributed by atoms with Crippen molar-refractivity contribution in [2.24, 2.45) is 0 Å². The lowest BCUT2D eigenvalue weighted by Gasteiger charge is -2.14. The van der Waals surface area contributed by atoms with E-state index in [2.05, 4.69) is 18.3 Å². The average Bonchev–Trinajstić information content (AvgIpc) is 2.43. The van der Waals surface area contributed by atoms with E-state index in [1.807, 2.05) is 19.1 Å². The molecule has 108 valence electrons. The number of ether oxygens (including phenoxy) is 2. The second-order valence-electron chi connectivity index (χ2n) is 4.62. The van der Waals surface area contributed by atoms with E-state index < -0.39 is 0 Å². The number of hydrogen-bond donors (Lipinski definition) is 1. The zero-order valence-corrected chi connectivity index (χ0v) is 12.5. The van der Waals surface area contributed by atoms with E-state index in [9.17, 15) is 0 Å². The van der Waals surface area contributed by atoms with Crippen LogP contribution in [0.25, 0.3) is 0 Å². The van der Waals surface area contributed by atoms with E-state index >= 15 is 0 Å². The Balaban J connectivity index is 2.46. The van der Waals surface area contributed by atoms with Crippen molar-refractivity contribution < 1.29 is 9.47 Å². The fraction of sp³-hybridized carbons (Fsp3) is 0.625.